The predicted octanol–water partition coefficient (Wildman–Crippen LogP) is 4.20. The van der Waals surface area contributed by atoms with Crippen LogP contribution >= 0.6 is 11.8 Å². The third kappa shape index (κ3) is 5.11. The van der Waals surface area contributed by atoms with Gasteiger partial charge in [-0.1, -0.05) is 11.8 Å². The van der Waals surface area contributed by atoms with Gasteiger partial charge in [-0.25, -0.2) is 8.42 Å². The second-order valence-corrected chi connectivity index (χ2v) is 7.16. The number of anilines is 1. The Labute approximate surface area is 137 Å². The van der Waals surface area contributed by atoms with Gasteiger partial charge in [0.2, 0.25) is 0 Å². The molecule has 0 aliphatic rings. The predicted molar refractivity (Wildman–Crippen MR) is 86.7 cm³/mol. The Morgan fingerprint density at radius 2 is 1.70 bits per heavy atom. The van der Waals surface area contributed by atoms with E-state index in [1.54, 1.807) is 12.1 Å². The van der Waals surface area contributed by atoms with Crippen LogP contribution in [0.15, 0.2) is 58.3 Å². The summed E-state index contributed by atoms with van der Waals surface area (Å²) in [6, 6.07) is 11.8. The van der Waals surface area contributed by atoms with Crippen molar-refractivity contribution in [2.24, 2.45) is 0 Å². The summed E-state index contributed by atoms with van der Waals surface area (Å²) in [5.41, 5.74) is 0.303. The quantitative estimate of drug-likeness (QED) is 0.753. The molecule has 2 rings (SSSR count). The van der Waals surface area contributed by atoms with Crippen LogP contribution in [0.4, 0.5) is 14.5 Å². The van der Waals surface area contributed by atoms with E-state index in [-0.39, 0.29) is 4.90 Å². The largest absolute Gasteiger partial charge is 0.494 e. The lowest BCUT2D eigenvalue weighted by Gasteiger charge is -2.09. The standard InChI is InChI=1S/C15H15F2NO3S2/c1-2-21-12-5-9-14(10-6-12)23(19,20)18-11-3-7-13(8-4-11)22-15(16)17/h3-10,15,18H,2H2,1H3. The van der Waals surface area contributed by atoms with Crippen LogP contribution in [0.2, 0.25) is 0 Å². The van der Waals surface area contributed by atoms with E-state index >= 15 is 0 Å². The zero-order valence-electron chi connectivity index (χ0n) is 12.2. The van der Waals surface area contributed by atoms with Crippen molar-refractivity contribution < 1.29 is 21.9 Å². The van der Waals surface area contributed by atoms with Crippen molar-refractivity contribution in [3.63, 3.8) is 0 Å². The first-order valence-electron chi connectivity index (χ1n) is 6.71. The second kappa shape index (κ2) is 7.65. The normalized spacial score (nSPS) is 11.5. The number of halogens is 2. The zero-order chi connectivity index (χ0) is 16.9. The van der Waals surface area contributed by atoms with Gasteiger partial charge >= 0.3 is 0 Å². The Balaban J connectivity index is 2.11. The summed E-state index contributed by atoms with van der Waals surface area (Å²) in [6.07, 6.45) is 0. The van der Waals surface area contributed by atoms with Crippen LogP contribution in [0.5, 0.6) is 5.75 Å². The average molecular weight is 359 g/mol. The maximum Gasteiger partial charge on any atom is 0.288 e. The zero-order valence-corrected chi connectivity index (χ0v) is 13.8. The fraction of sp³-hybridized carbons (Fsp3) is 0.200. The highest BCUT2D eigenvalue weighted by Crippen LogP contribution is 2.27. The topological polar surface area (TPSA) is 55.4 Å². The van der Waals surface area contributed by atoms with Crippen molar-refractivity contribution >= 4 is 27.5 Å². The van der Waals surface area contributed by atoms with Crippen LogP contribution in [0, 0.1) is 0 Å². The maximum atomic E-state index is 12.3. The Bertz CT molecular complexity index is 732. The van der Waals surface area contributed by atoms with Gasteiger partial charge in [0.15, 0.2) is 0 Å². The molecule has 1 N–H and O–H groups in total. The number of rotatable bonds is 7. The van der Waals surface area contributed by atoms with Gasteiger partial charge in [-0.15, -0.1) is 0 Å². The molecule has 2 aromatic carbocycles. The van der Waals surface area contributed by atoms with Gasteiger partial charge in [0.05, 0.1) is 11.5 Å². The third-order valence-corrected chi connectivity index (χ3v) is 4.90. The molecule has 0 bridgehead atoms. The van der Waals surface area contributed by atoms with Crippen LogP contribution in [0.3, 0.4) is 0 Å². The molecule has 2 aromatic rings. The fourth-order valence-electron chi connectivity index (χ4n) is 1.80. The Hall–Kier alpha value is -1.80. The number of nitrogens with one attached hydrogen (secondary N) is 1. The van der Waals surface area contributed by atoms with E-state index in [0.29, 0.717) is 34.7 Å². The minimum absolute atomic E-state index is 0.0898. The average Bonchev–Trinajstić information content (AvgIpc) is 2.49. The van der Waals surface area contributed by atoms with E-state index < -0.39 is 15.8 Å². The first kappa shape index (κ1) is 17.6. The number of hydrogen-bond acceptors (Lipinski definition) is 4. The monoisotopic (exact) mass is 359 g/mol. The van der Waals surface area contributed by atoms with E-state index in [9.17, 15) is 17.2 Å². The van der Waals surface area contributed by atoms with E-state index in [0.717, 1.165) is 0 Å². The summed E-state index contributed by atoms with van der Waals surface area (Å²) in [5.74, 6) is -1.93. The highest BCUT2D eigenvalue weighted by atomic mass is 32.2. The summed E-state index contributed by atoms with van der Waals surface area (Å²) in [7, 11) is -3.74. The smallest absolute Gasteiger partial charge is 0.288 e. The lowest BCUT2D eigenvalue weighted by Crippen LogP contribution is -2.12. The van der Waals surface area contributed by atoms with Crippen LogP contribution in [-0.4, -0.2) is 20.8 Å². The molecule has 0 saturated heterocycles. The molecule has 8 heteroatoms. The molecule has 0 unspecified atom stereocenters. The number of benzene rings is 2. The fourth-order valence-corrected chi connectivity index (χ4v) is 3.36. The first-order valence-corrected chi connectivity index (χ1v) is 9.07. The summed E-state index contributed by atoms with van der Waals surface area (Å²) < 4.78 is 56.7. The van der Waals surface area contributed by atoms with Crippen LogP contribution in [0.1, 0.15) is 6.92 Å². The van der Waals surface area contributed by atoms with Crippen LogP contribution in [-0.2, 0) is 10.0 Å². The molecular weight excluding hydrogens is 344 g/mol. The molecule has 23 heavy (non-hydrogen) atoms. The van der Waals surface area contributed by atoms with Gasteiger partial charge in [-0.2, -0.15) is 8.78 Å². The molecule has 0 fully saturated rings. The van der Waals surface area contributed by atoms with Crippen molar-refractivity contribution in [1.82, 2.24) is 0 Å². The molecule has 0 saturated carbocycles. The molecule has 0 atom stereocenters. The maximum absolute atomic E-state index is 12.3. The summed E-state index contributed by atoms with van der Waals surface area (Å²) >= 11 is 0.403. The second-order valence-electron chi connectivity index (χ2n) is 4.41. The van der Waals surface area contributed by atoms with E-state index in [2.05, 4.69) is 4.72 Å². The van der Waals surface area contributed by atoms with Crippen LogP contribution < -0.4 is 9.46 Å². The molecule has 124 valence electrons. The molecule has 0 spiro atoms. The highest BCUT2D eigenvalue weighted by molar-refractivity contribution is 7.99. The number of thioether (sulfide) groups is 1. The van der Waals surface area contributed by atoms with Crippen LogP contribution in [0.25, 0.3) is 0 Å². The summed E-state index contributed by atoms with van der Waals surface area (Å²) in [4.78, 5) is 0.455. The van der Waals surface area contributed by atoms with Crippen molar-refractivity contribution in [1.29, 1.82) is 0 Å². The number of ether oxygens (including phenoxy) is 1. The molecule has 0 aromatic heterocycles. The number of hydrogen-bond donors (Lipinski definition) is 1. The minimum atomic E-state index is -3.74. The van der Waals surface area contributed by atoms with Gasteiger partial charge < -0.3 is 4.74 Å². The Morgan fingerprint density at radius 3 is 2.22 bits per heavy atom. The van der Waals surface area contributed by atoms with Crippen molar-refractivity contribution in [2.45, 2.75) is 22.5 Å². The number of alkyl halides is 2. The summed E-state index contributed by atoms with van der Waals surface area (Å²) in [6.45, 7) is 2.33. The van der Waals surface area contributed by atoms with Crippen molar-refractivity contribution in [3.8, 4) is 5.75 Å². The third-order valence-electron chi connectivity index (χ3n) is 2.78. The lowest BCUT2D eigenvalue weighted by molar-refractivity contribution is 0.252. The van der Waals surface area contributed by atoms with E-state index in [1.165, 1.54) is 36.4 Å². The molecule has 4 nitrogen and oxygen atoms in total. The van der Waals surface area contributed by atoms with Gasteiger partial charge in [0.25, 0.3) is 15.8 Å². The van der Waals surface area contributed by atoms with E-state index in [1.807, 2.05) is 6.92 Å². The summed E-state index contributed by atoms with van der Waals surface area (Å²) in [5, 5.41) is 0. The highest BCUT2D eigenvalue weighted by Gasteiger charge is 2.14. The minimum Gasteiger partial charge on any atom is -0.494 e. The van der Waals surface area contributed by atoms with Gasteiger partial charge in [-0.3, -0.25) is 4.72 Å². The first-order chi connectivity index (χ1) is 10.9. The molecule has 0 aliphatic carbocycles. The molecule has 0 aliphatic heterocycles. The lowest BCUT2D eigenvalue weighted by atomic mass is 10.3. The van der Waals surface area contributed by atoms with Gasteiger partial charge in [0, 0.05) is 10.6 Å². The Morgan fingerprint density at radius 1 is 1.09 bits per heavy atom. The number of sulfonamides is 1. The van der Waals surface area contributed by atoms with Crippen molar-refractivity contribution in [3.05, 3.63) is 48.5 Å². The molecule has 0 radical (unpaired) electrons. The molecule has 0 heterocycles. The van der Waals surface area contributed by atoms with Crippen molar-refractivity contribution in [2.75, 3.05) is 11.3 Å². The van der Waals surface area contributed by atoms with E-state index in [4.69, 9.17) is 4.74 Å². The Kier molecular flexibility index (Phi) is 5.84. The molecule has 0 amide bonds. The van der Waals surface area contributed by atoms with Gasteiger partial charge in [-0.05, 0) is 55.5 Å². The SMILES string of the molecule is CCOc1ccc(S(=O)(=O)Nc2ccc(SC(F)F)cc2)cc1. The molecular formula is C15H15F2NO3S2. The van der Waals surface area contributed by atoms with Gasteiger partial charge in [0.1, 0.15) is 5.75 Å².